The summed E-state index contributed by atoms with van der Waals surface area (Å²) in [5, 5.41) is 0. The molecule has 2 N–H and O–H groups in total. The van der Waals surface area contributed by atoms with E-state index >= 15 is 0 Å². The maximum atomic E-state index is 12.8. The molecular formula is C23H23N3O3. The fraction of sp³-hybridized carbons (Fsp3) is 0.217. The molecule has 0 bridgehead atoms. The number of hydrogen-bond donors (Lipinski definition) is 1. The Morgan fingerprint density at radius 3 is 2.79 bits per heavy atom. The van der Waals surface area contributed by atoms with Crippen molar-refractivity contribution in [2.24, 2.45) is 10.7 Å². The summed E-state index contributed by atoms with van der Waals surface area (Å²) in [6.07, 6.45) is 1.48. The minimum Gasteiger partial charge on any atom is -0.497 e. The second-order valence-electron chi connectivity index (χ2n) is 6.98. The first kappa shape index (κ1) is 19.0. The van der Waals surface area contributed by atoms with E-state index in [0.717, 1.165) is 28.3 Å². The first-order valence-electron chi connectivity index (χ1n) is 9.44. The highest BCUT2D eigenvalue weighted by atomic mass is 16.5. The molecule has 1 aliphatic heterocycles. The van der Waals surface area contributed by atoms with E-state index in [4.69, 9.17) is 19.9 Å². The van der Waals surface area contributed by atoms with E-state index in [9.17, 15) is 4.79 Å². The van der Waals surface area contributed by atoms with Gasteiger partial charge in [-0.25, -0.2) is 0 Å². The molecule has 6 nitrogen and oxygen atoms in total. The highest BCUT2D eigenvalue weighted by Crippen LogP contribution is 2.29. The van der Waals surface area contributed by atoms with Crippen LogP contribution in [0.3, 0.4) is 0 Å². The third-order valence-electron chi connectivity index (χ3n) is 5.30. The van der Waals surface area contributed by atoms with Crippen molar-refractivity contribution in [1.82, 2.24) is 0 Å². The van der Waals surface area contributed by atoms with Crippen LogP contribution in [0, 0.1) is 0 Å². The molecule has 1 aromatic heterocycles. The van der Waals surface area contributed by atoms with E-state index in [1.807, 2.05) is 60.5 Å². The lowest BCUT2D eigenvalue weighted by atomic mass is 9.99. The average molecular weight is 389 g/mol. The Bertz CT molecular complexity index is 1040. The van der Waals surface area contributed by atoms with Gasteiger partial charge >= 0.3 is 0 Å². The molecule has 0 spiro atoms. The smallest absolute Gasteiger partial charge is 0.216 e. The summed E-state index contributed by atoms with van der Waals surface area (Å²) in [5.41, 5.74) is 10.2. The van der Waals surface area contributed by atoms with Crippen LogP contribution in [0.15, 0.2) is 76.3 Å². The number of para-hydroxylation sites is 1. The molecule has 0 amide bonds. The van der Waals surface area contributed by atoms with Crippen LogP contribution in [0.4, 0.5) is 5.69 Å². The van der Waals surface area contributed by atoms with Crippen molar-refractivity contribution in [1.29, 1.82) is 0 Å². The second kappa shape index (κ2) is 7.93. The van der Waals surface area contributed by atoms with Gasteiger partial charge in [-0.15, -0.1) is 0 Å². The van der Waals surface area contributed by atoms with Gasteiger partial charge in [0.1, 0.15) is 5.75 Å². The number of nitrogens with zero attached hydrogens (tertiary/aromatic N) is 2. The summed E-state index contributed by atoms with van der Waals surface area (Å²) in [6, 6.07) is 18.1. The van der Waals surface area contributed by atoms with Gasteiger partial charge in [-0.2, -0.15) is 0 Å². The zero-order chi connectivity index (χ0) is 20.4. The van der Waals surface area contributed by atoms with Crippen molar-refractivity contribution in [3.8, 4) is 5.75 Å². The van der Waals surface area contributed by atoms with E-state index in [2.05, 4.69) is 0 Å². The molecule has 2 heterocycles. The molecule has 4 rings (SSSR count). The van der Waals surface area contributed by atoms with Crippen LogP contribution in [0.5, 0.6) is 5.75 Å². The zero-order valence-corrected chi connectivity index (χ0v) is 16.4. The Balaban J connectivity index is 1.76. The van der Waals surface area contributed by atoms with E-state index < -0.39 is 6.04 Å². The SMILES string of the molecule is COc1cccc(C2=NCC(C(N)C(=O)c3ccco3)N(C)c3ccccc32)c1. The molecule has 2 aromatic carbocycles. The Hall–Kier alpha value is -3.38. The van der Waals surface area contributed by atoms with Crippen LogP contribution in [0.1, 0.15) is 21.7 Å². The van der Waals surface area contributed by atoms with Gasteiger partial charge in [-0.3, -0.25) is 9.79 Å². The van der Waals surface area contributed by atoms with Gasteiger partial charge in [-0.1, -0.05) is 30.3 Å². The monoisotopic (exact) mass is 389 g/mol. The van der Waals surface area contributed by atoms with Crippen LogP contribution in [0.25, 0.3) is 0 Å². The highest BCUT2D eigenvalue weighted by Gasteiger charge is 2.33. The number of benzodiazepines with no additional fused rings is 1. The summed E-state index contributed by atoms with van der Waals surface area (Å²) in [6.45, 7) is 0.380. The molecule has 2 atom stereocenters. The quantitative estimate of drug-likeness (QED) is 0.678. The summed E-state index contributed by atoms with van der Waals surface area (Å²) < 4.78 is 10.6. The predicted molar refractivity (Wildman–Crippen MR) is 113 cm³/mol. The predicted octanol–water partition coefficient (Wildman–Crippen LogP) is 3.15. The summed E-state index contributed by atoms with van der Waals surface area (Å²) in [5.74, 6) is 0.798. The molecule has 1 aliphatic rings. The van der Waals surface area contributed by atoms with Crippen LogP contribution in [-0.4, -0.2) is 44.3 Å². The minimum atomic E-state index is -0.771. The molecule has 3 aromatic rings. The maximum absolute atomic E-state index is 12.8. The number of Topliss-reactive ketones (excluding diaryl/α,β-unsaturated/α-hetero) is 1. The van der Waals surface area contributed by atoms with Gasteiger partial charge < -0.3 is 19.8 Å². The Labute approximate surface area is 169 Å². The van der Waals surface area contributed by atoms with Crippen molar-refractivity contribution in [2.45, 2.75) is 12.1 Å². The number of nitrogens with two attached hydrogens (primary N) is 1. The minimum absolute atomic E-state index is 0.232. The molecule has 0 saturated heterocycles. The number of carbonyl (C=O) groups excluding carboxylic acids is 1. The van der Waals surface area contributed by atoms with Gasteiger partial charge in [0.2, 0.25) is 5.78 Å². The average Bonchev–Trinajstić information content (AvgIpc) is 3.26. The summed E-state index contributed by atoms with van der Waals surface area (Å²) in [4.78, 5) is 19.7. The fourth-order valence-corrected chi connectivity index (χ4v) is 3.68. The Morgan fingerprint density at radius 1 is 1.21 bits per heavy atom. The number of fused-ring (bicyclic) bond motifs is 1. The van der Waals surface area contributed by atoms with E-state index in [0.29, 0.717) is 6.54 Å². The Kier molecular flexibility index (Phi) is 5.18. The van der Waals surface area contributed by atoms with Gasteiger partial charge in [0.15, 0.2) is 5.76 Å². The molecule has 0 saturated carbocycles. The van der Waals surface area contributed by atoms with Crippen LogP contribution >= 0.6 is 0 Å². The molecule has 6 heteroatoms. The number of anilines is 1. The van der Waals surface area contributed by atoms with Crippen molar-refractivity contribution >= 4 is 17.2 Å². The van der Waals surface area contributed by atoms with Crippen molar-refractivity contribution < 1.29 is 13.9 Å². The number of hydrogen-bond acceptors (Lipinski definition) is 6. The first-order valence-corrected chi connectivity index (χ1v) is 9.44. The Morgan fingerprint density at radius 2 is 2.03 bits per heavy atom. The zero-order valence-electron chi connectivity index (χ0n) is 16.4. The van der Waals surface area contributed by atoms with Gasteiger partial charge in [-0.05, 0) is 30.3 Å². The molecule has 2 unspecified atom stereocenters. The fourth-order valence-electron chi connectivity index (χ4n) is 3.68. The molecule has 148 valence electrons. The number of ether oxygens (including phenoxy) is 1. The highest BCUT2D eigenvalue weighted by molar-refractivity contribution is 6.16. The van der Waals surface area contributed by atoms with Crippen molar-refractivity contribution in [2.75, 3.05) is 25.6 Å². The maximum Gasteiger partial charge on any atom is 0.216 e. The van der Waals surface area contributed by atoms with Gasteiger partial charge in [0.05, 0.1) is 37.7 Å². The van der Waals surface area contributed by atoms with Crippen LogP contribution in [-0.2, 0) is 0 Å². The van der Waals surface area contributed by atoms with Crippen molar-refractivity contribution in [3.63, 3.8) is 0 Å². The number of ketones is 1. The van der Waals surface area contributed by atoms with Crippen LogP contribution < -0.4 is 15.4 Å². The normalized spacial score (nSPS) is 17.1. The van der Waals surface area contributed by atoms with E-state index in [1.165, 1.54) is 6.26 Å². The van der Waals surface area contributed by atoms with Crippen LogP contribution in [0.2, 0.25) is 0 Å². The van der Waals surface area contributed by atoms with Gasteiger partial charge in [0, 0.05) is 23.9 Å². The number of furan rings is 1. The number of benzene rings is 2. The molecule has 0 fully saturated rings. The third kappa shape index (κ3) is 3.54. The summed E-state index contributed by atoms with van der Waals surface area (Å²) in [7, 11) is 3.59. The first-order chi connectivity index (χ1) is 14.1. The topological polar surface area (TPSA) is 81.1 Å². The van der Waals surface area contributed by atoms with E-state index in [-0.39, 0.29) is 17.6 Å². The second-order valence-corrected chi connectivity index (χ2v) is 6.98. The van der Waals surface area contributed by atoms with E-state index in [1.54, 1.807) is 19.2 Å². The molecule has 0 aliphatic carbocycles. The lowest BCUT2D eigenvalue weighted by Gasteiger charge is -2.31. The van der Waals surface area contributed by atoms with Crippen molar-refractivity contribution in [3.05, 3.63) is 83.8 Å². The largest absolute Gasteiger partial charge is 0.497 e. The lowest BCUT2D eigenvalue weighted by Crippen LogP contribution is -2.52. The number of rotatable bonds is 5. The number of likely N-dealkylation sites (N-methyl/N-ethyl adjacent to an activating group) is 1. The number of aliphatic imine (C=N–C) groups is 1. The van der Waals surface area contributed by atoms with Gasteiger partial charge in [0.25, 0.3) is 0 Å². The molecular weight excluding hydrogens is 366 g/mol. The molecule has 0 radical (unpaired) electrons. The lowest BCUT2D eigenvalue weighted by molar-refractivity contribution is 0.0922. The standard InChI is InChI=1S/C23H23N3O3/c1-26-18-10-4-3-9-17(18)22(15-7-5-8-16(13-15)28-2)25-14-19(26)21(24)23(27)20-11-6-12-29-20/h3-13,19,21H,14,24H2,1-2H3. The third-order valence-corrected chi connectivity index (χ3v) is 5.30. The molecule has 29 heavy (non-hydrogen) atoms. The number of methoxy groups -OCH3 is 1. The number of carbonyl (C=O) groups is 1. The summed E-state index contributed by atoms with van der Waals surface area (Å²) >= 11 is 0.